The van der Waals surface area contributed by atoms with Crippen molar-refractivity contribution in [3.05, 3.63) is 72.3 Å². The van der Waals surface area contributed by atoms with Gasteiger partial charge in [-0.2, -0.15) is 0 Å². The van der Waals surface area contributed by atoms with Crippen LogP contribution in [0.3, 0.4) is 0 Å². The molecule has 1 aliphatic rings. The van der Waals surface area contributed by atoms with Crippen LogP contribution in [-0.2, 0) is 19.6 Å². The molecule has 0 aromatic heterocycles. The molecule has 0 saturated heterocycles. The third-order valence-corrected chi connectivity index (χ3v) is 7.39. The average molecular weight is 496 g/mol. The number of amides is 2. The highest BCUT2D eigenvalue weighted by Crippen LogP contribution is 2.33. The van der Waals surface area contributed by atoms with Crippen LogP contribution >= 0.6 is 0 Å². The zero-order valence-electron chi connectivity index (χ0n) is 19.5. The van der Waals surface area contributed by atoms with Gasteiger partial charge in [0, 0.05) is 6.07 Å². The minimum atomic E-state index is -4.20. The number of sulfonamides is 1. The number of methoxy groups -OCH3 is 2. The zero-order chi connectivity index (χ0) is 25.2. The molecule has 3 aromatic rings. The number of ether oxygens (including phenoxy) is 2. The molecule has 35 heavy (non-hydrogen) atoms. The first kappa shape index (κ1) is 24.1. The normalized spacial score (nSPS) is 13.0. The minimum absolute atomic E-state index is 0.0692. The molecule has 1 heterocycles. The zero-order valence-corrected chi connectivity index (χ0v) is 20.3. The lowest BCUT2D eigenvalue weighted by molar-refractivity contribution is -0.121. The lowest BCUT2D eigenvalue weighted by Gasteiger charge is -2.32. The molecule has 0 atom stereocenters. The number of anilines is 3. The summed E-state index contributed by atoms with van der Waals surface area (Å²) in [6.45, 7) is 1.15. The molecule has 182 valence electrons. The molecule has 3 aromatic carbocycles. The predicted octanol–water partition coefficient (Wildman–Crippen LogP) is 3.19. The van der Waals surface area contributed by atoms with Crippen molar-refractivity contribution >= 4 is 38.9 Å². The predicted molar refractivity (Wildman–Crippen MR) is 133 cm³/mol. The Morgan fingerprint density at radius 1 is 1.00 bits per heavy atom. The van der Waals surface area contributed by atoms with Gasteiger partial charge in [0.1, 0.15) is 13.1 Å². The summed E-state index contributed by atoms with van der Waals surface area (Å²) in [5.74, 6) is -0.288. The van der Waals surface area contributed by atoms with E-state index >= 15 is 0 Å². The fourth-order valence-corrected chi connectivity index (χ4v) is 5.22. The standard InChI is InChI=1S/C25H25N3O6S/c1-17-8-10-18(11-9-17)28(35(31,32)19-12-13-22(33-2)23(14-19)34-3)16-25(30)27-15-24(29)26-20-6-4-5-7-21(20)27/h4-14H,15-16H2,1-3H3,(H,26,29). The molecule has 1 aliphatic heterocycles. The van der Waals surface area contributed by atoms with Crippen LogP contribution in [0.5, 0.6) is 11.5 Å². The van der Waals surface area contributed by atoms with Crippen molar-refractivity contribution < 1.29 is 27.5 Å². The van der Waals surface area contributed by atoms with Crippen molar-refractivity contribution in [2.45, 2.75) is 11.8 Å². The largest absolute Gasteiger partial charge is 0.493 e. The Bertz CT molecular complexity index is 1370. The molecule has 4 rings (SSSR count). The molecule has 2 amide bonds. The summed E-state index contributed by atoms with van der Waals surface area (Å²) < 4.78 is 39.1. The summed E-state index contributed by atoms with van der Waals surface area (Å²) in [5.41, 5.74) is 2.24. The van der Waals surface area contributed by atoms with E-state index in [1.54, 1.807) is 48.5 Å². The number of fused-ring (bicyclic) bond motifs is 1. The second-order valence-electron chi connectivity index (χ2n) is 7.91. The van der Waals surface area contributed by atoms with Crippen LogP contribution in [0.25, 0.3) is 0 Å². The first-order valence-corrected chi connectivity index (χ1v) is 12.2. The van der Waals surface area contributed by atoms with Crippen LogP contribution in [0.2, 0.25) is 0 Å². The average Bonchev–Trinajstić information content (AvgIpc) is 2.86. The van der Waals surface area contributed by atoms with Gasteiger partial charge in [0.05, 0.1) is 36.2 Å². The number of para-hydroxylation sites is 2. The first-order valence-electron chi connectivity index (χ1n) is 10.8. The number of hydrogen-bond donors (Lipinski definition) is 1. The number of hydrogen-bond acceptors (Lipinski definition) is 6. The van der Waals surface area contributed by atoms with Crippen molar-refractivity contribution in [2.24, 2.45) is 0 Å². The molecule has 0 fully saturated rings. The van der Waals surface area contributed by atoms with Crippen molar-refractivity contribution in [1.29, 1.82) is 0 Å². The summed E-state index contributed by atoms with van der Waals surface area (Å²) >= 11 is 0. The second-order valence-corrected chi connectivity index (χ2v) is 9.77. The number of aryl methyl sites for hydroxylation is 1. The van der Waals surface area contributed by atoms with Gasteiger partial charge in [0.2, 0.25) is 11.8 Å². The fourth-order valence-electron chi connectivity index (χ4n) is 3.79. The highest BCUT2D eigenvalue weighted by molar-refractivity contribution is 7.92. The van der Waals surface area contributed by atoms with E-state index in [9.17, 15) is 18.0 Å². The summed E-state index contributed by atoms with van der Waals surface area (Å²) in [4.78, 5) is 26.9. The maximum Gasteiger partial charge on any atom is 0.264 e. The molecule has 0 saturated carbocycles. The quantitative estimate of drug-likeness (QED) is 0.540. The van der Waals surface area contributed by atoms with E-state index < -0.39 is 22.5 Å². The maximum absolute atomic E-state index is 13.8. The molecular weight excluding hydrogens is 470 g/mol. The summed E-state index contributed by atoms with van der Waals surface area (Å²) in [5, 5.41) is 2.73. The Morgan fingerprint density at radius 2 is 1.69 bits per heavy atom. The Morgan fingerprint density at radius 3 is 2.37 bits per heavy atom. The number of carbonyl (C=O) groups is 2. The van der Waals surface area contributed by atoms with Crippen molar-refractivity contribution in [1.82, 2.24) is 0 Å². The highest BCUT2D eigenvalue weighted by atomic mass is 32.2. The highest BCUT2D eigenvalue weighted by Gasteiger charge is 2.33. The number of rotatable bonds is 7. The van der Waals surface area contributed by atoms with Crippen LogP contribution < -0.4 is 24.0 Å². The van der Waals surface area contributed by atoms with Crippen LogP contribution in [0.4, 0.5) is 17.1 Å². The van der Waals surface area contributed by atoms with Crippen LogP contribution in [0, 0.1) is 6.92 Å². The Labute approximate surface area is 203 Å². The van der Waals surface area contributed by atoms with Gasteiger partial charge in [-0.3, -0.25) is 18.8 Å². The van der Waals surface area contributed by atoms with Gasteiger partial charge in [-0.05, 0) is 43.3 Å². The van der Waals surface area contributed by atoms with E-state index in [2.05, 4.69) is 5.32 Å². The molecule has 1 N–H and O–H groups in total. The molecule has 9 nitrogen and oxygen atoms in total. The van der Waals surface area contributed by atoms with Gasteiger partial charge in [-0.25, -0.2) is 8.42 Å². The van der Waals surface area contributed by atoms with Crippen molar-refractivity contribution in [2.75, 3.05) is 41.8 Å². The van der Waals surface area contributed by atoms with Crippen LogP contribution in [0.1, 0.15) is 5.56 Å². The van der Waals surface area contributed by atoms with Gasteiger partial charge in [-0.1, -0.05) is 29.8 Å². The summed E-state index contributed by atoms with van der Waals surface area (Å²) in [7, 11) is -1.33. The monoisotopic (exact) mass is 495 g/mol. The number of carbonyl (C=O) groups excluding carboxylic acids is 2. The van der Waals surface area contributed by atoms with Crippen LogP contribution in [0.15, 0.2) is 71.6 Å². The van der Waals surface area contributed by atoms with Crippen molar-refractivity contribution in [3.8, 4) is 11.5 Å². The Kier molecular flexibility index (Phi) is 6.65. The molecule has 0 spiro atoms. The topological polar surface area (TPSA) is 105 Å². The van der Waals surface area contributed by atoms with Gasteiger partial charge in [0.15, 0.2) is 11.5 Å². The summed E-state index contributed by atoms with van der Waals surface area (Å²) in [6, 6.07) is 17.9. The molecule has 0 unspecified atom stereocenters. The molecule has 0 radical (unpaired) electrons. The molecule has 0 aliphatic carbocycles. The smallest absolute Gasteiger partial charge is 0.264 e. The Balaban J connectivity index is 1.75. The third-order valence-electron chi connectivity index (χ3n) is 5.62. The second kappa shape index (κ2) is 9.67. The van der Waals surface area contributed by atoms with E-state index in [0.29, 0.717) is 22.8 Å². The van der Waals surface area contributed by atoms with Gasteiger partial charge in [-0.15, -0.1) is 0 Å². The summed E-state index contributed by atoms with van der Waals surface area (Å²) in [6.07, 6.45) is 0. The molecular formula is C25H25N3O6S. The fraction of sp³-hybridized carbons (Fsp3) is 0.200. The van der Waals surface area contributed by atoms with Gasteiger partial charge >= 0.3 is 0 Å². The van der Waals surface area contributed by atoms with Gasteiger partial charge < -0.3 is 14.8 Å². The van der Waals surface area contributed by atoms with Gasteiger partial charge in [0.25, 0.3) is 10.0 Å². The van der Waals surface area contributed by atoms with E-state index in [1.807, 2.05) is 6.92 Å². The molecule has 10 heteroatoms. The van der Waals surface area contributed by atoms with E-state index in [1.165, 1.54) is 37.3 Å². The van der Waals surface area contributed by atoms with E-state index in [-0.39, 0.29) is 23.1 Å². The minimum Gasteiger partial charge on any atom is -0.493 e. The molecule has 0 bridgehead atoms. The maximum atomic E-state index is 13.8. The van der Waals surface area contributed by atoms with Crippen molar-refractivity contribution in [3.63, 3.8) is 0 Å². The first-order chi connectivity index (χ1) is 16.7. The number of nitrogens with one attached hydrogen (secondary N) is 1. The lowest BCUT2D eigenvalue weighted by Crippen LogP contribution is -2.48. The third kappa shape index (κ3) is 4.78. The number of benzene rings is 3. The SMILES string of the molecule is COc1ccc(S(=O)(=O)N(CC(=O)N2CC(=O)Nc3ccccc32)c2ccc(C)cc2)cc1OC. The van der Waals surface area contributed by atoms with Crippen LogP contribution in [-0.4, -0.2) is 47.5 Å². The number of nitrogens with zero attached hydrogens (tertiary/aromatic N) is 2. The van der Waals surface area contributed by atoms with E-state index in [0.717, 1.165) is 9.87 Å². The Hall–Kier alpha value is -4.05. The van der Waals surface area contributed by atoms with E-state index in [4.69, 9.17) is 9.47 Å². The lowest BCUT2D eigenvalue weighted by atomic mass is 10.2.